The maximum absolute atomic E-state index is 13.7. The van der Waals surface area contributed by atoms with Gasteiger partial charge in [0.15, 0.2) is 0 Å². The van der Waals surface area contributed by atoms with Crippen LogP contribution in [0.15, 0.2) is 23.1 Å². The second-order valence-corrected chi connectivity index (χ2v) is 6.91. The molecular weight excluding hydrogens is 267 g/mol. The van der Waals surface area contributed by atoms with Crippen molar-refractivity contribution in [2.75, 3.05) is 11.9 Å². The van der Waals surface area contributed by atoms with Gasteiger partial charge in [0.25, 0.3) is 0 Å². The van der Waals surface area contributed by atoms with Crippen LogP contribution in [-0.2, 0) is 10.0 Å². The van der Waals surface area contributed by atoms with E-state index in [1.54, 1.807) is 0 Å². The first kappa shape index (κ1) is 14.3. The molecule has 0 saturated heterocycles. The first-order valence-corrected chi connectivity index (χ1v) is 7.97. The largest absolute Gasteiger partial charge is 0.382 e. The Morgan fingerprint density at radius 3 is 2.68 bits per heavy atom. The SMILES string of the molecule is CC1CCC(CNc2ccc(S(N)(=O)=O)cc2F)C1. The van der Waals surface area contributed by atoms with E-state index in [1.165, 1.54) is 18.6 Å². The van der Waals surface area contributed by atoms with E-state index in [0.29, 0.717) is 11.6 Å². The predicted octanol–water partition coefficient (Wildman–Crippen LogP) is 2.32. The summed E-state index contributed by atoms with van der Waals surface area (Å²) in [6, 6.07) is 3.69. The van der Waals surface area contributed by atoms with Crippen molar-refractivity contribution in [1.82, 2.24) is 0 Å². The molecule has 106 valence electrons. The first-order chi connectivity index (χ1) is 8.86. The Balaban J connectivity index is 2.02. The standard InChI is InChI=1S/C13H19FN2O2S/c1-9-2-3-10(6-9)8-16-13-5-4-11(7-12(13)14)19(15,17)18/h4-5,7,9-10,16H,2-3,6,8H2,1H3,(H2,15,17,18). The van der Waals surface area contributed by atoms with Gasteiger partial charge >= 0.3 is 0 Å². The number of nitrogens with one attached hydrogen (secondary N) is 1. The summed E-state index contributed by atoms with van der Waals surface area (Å²) < 4.78 is 35.9. The molecular formula is C13H19FN2O2S. The molecule has 1 aromatic carbocycles. The Bertz CT molecular complexity index is 560. The Kier molecular flexibility index (Phi) is 4.10. The van der Waals surface area contributed by atoms with E-state index >= 15 is 0 Å². The molecule has 1 fully saturated rings. The number of anilines is 1. The lowest BCUT2D eigenvalue weighted by Crippen LogP contribution is -2.14. The number of rotatable bonds is 4. The molecule has 1 aliphatic rings. The number of nitrogens with two attached hydrogens (primary N) is 1. The van der Waals surface area contributed by atoms with Crippen molar-refractivity contribution >= 4 is 15.7 Å². The second kappa shape index (κ2) is 5.46. The third-order valence-electron chi connectivity index (χ3n) is 3.65. The van der Waals surface area contributed by atoms with Crippen LogP contribution < -0.4 is 10.5 Å². The van der Waals surface area contributed by atoms with Crippen LogP contribution in [0.3, 0.4) is 0 Å². The molecule has 0 spiro atoms. The van der Waals surface area contributed by atoms with Crippen LogP contribution in [0.5, 0.6) is 0 Å². The van der Waals surface area contributed by atoms with Crippen LogP contribution in [0.1, 0.15) is 26.2 Å². The van der Waals surface area contributed by atoms with Gasteiger partial charge in [-0.25, -0.2) is 17.9 Å². The van der Waals surface area contributed by atoms with Gasteiger partial charge in [-0.1, -0.05) is 13.3 Å². The number of primary sulfonamides is 1. The third kappa shape index (κ3) is 3.67. The average Bonchev–Trinajstić information content (AvgIpc) is 2.72. The van der Waals surface area contributed by atoms with Gasteiger partial charge in [-0.15, -0.1) is 0 Å². The fourth-order valence-corrected chi connectivity index (χ4v) is 3.11. The molecule has 2 unspecified atom stereocenters. The van der Waals surface area contributed by atoms with Crippen molar-refractivity contribution in [2.45, 2.75) is 31.1 Å². The van der Waals surface area contributed by atoms with Crippen LogP contribution in [-0.4, -0.2) is 15.0 Å². The van der Waals surface area contributed by atoms with E-state index in [9.17, 15) is 12.8 Å². The molecule has 0 heterocycles. The van der Waals surface area contributed by atoms with Gasteiger partial charge in [0.1, 0.15) is 5.82 Å². The highest BCUT2D eigenvalue weighted by Gasteiger charge is 2.21. The molecule has 4 nitrogen and oxygen atoms in total. The Hall–Kier alpha value is -1.14. The zero-order valence-electron chi connectivity index (χ0n) is 10.9. The highest BCUT2D eigenvalue weighted by molar-refractivity contribution is 7.89. The minimum absolute atomic E-state index is 0.204. The van der Waals surface area contributed by atoms with E-state index in [2.05, 4.69) is 12.2 Å². The van der Waals surface area contributed by atoms with Crippen LogP contribution >= 0.6 is 0 Å². The highest BCUT2D eigenvalue weighted by Crippen LogP contribution is 2.30. The molecule has 6 heteroatoms. The summed E-state index contributed by atoms with van der Waals surface area (Å²) in [6.45, 7) is 2.94. The highest BCUT2D eigenvalue weighted by atomic mass is 32.2. The topological polar surface area (TPSA) is 72.2 Å². The molecule has 2 rings (SSSR count). The fraction of sp³-hybridized carbons (Fsp3) is 0.538. The summed E-state index contributed by atoms with van der Waals surface area (Å²) in [4.78, 5) is -0.204. The zero-order chi connectivity index (χ0) is 14.0. The summed E-state index contributed by atoms with van der Waals surface area (Å²) in [7, 11) is -3.85. The minimum Gasteiger partial charge on any atom is -0.382 e. The molecule has 2 atom stereocenters. The molecule has 0 aliphatic heterocycles. The Morgan fingerprint density at radius 1 is 1.42 bits per heavy atom. The van der Waals surface area contributed by atoms with Gasteiger partial charge in [-0.2, -0.15) is 0 Å². The molecule has 3 N–H and O–H groups in total. The molecule has 0 bridgehead atoms. The van der Waals surface area contributed by atoms with Crippen LogP contribution in [0.25, 0.3) is 0 Å². The second-order valence-electron chi connectivity index (χ2n) is 5.35. The zero-order valence-corrected chi connectivity index (χ0v) is 11.7. The lowest BCUT2D eigenvalue weighted by molar-refractivity contribution is 0.534. The monoisotopic (exact) mass is 286 g/mol. The average molecular weight is 286 g/mol. The lowest BCUT2D eigenvalue weighted by atomic mass is 10.1. The number of sulfonamides is 1. The van der Waals surface area contributed by atoms with Crippen LogP contribution in [0, 0.1) is 17.7 Å². The van der Waals surface area contributed by atoms with Gasteiger partial charge < -0.3 is 5.32 Å². The summed E-state index contributed by atoms with van der Waals surface area (Å²) in [6.07, 6.45) is 3.54. The normalized spacial score (nSPS) is 23.5. The van der Waals surface area contributed by atoms with Gasteiger partial charge in [-0.3, -0.25) is 0 Å². The maximum atomic E-state index is 13.7. The summed E-state index contributed by atoms with van der Waals surface area (Å²) in [5.41, 5.74) is 0.326. The number of hydrogen-bond donors (Lipinski definition) is 2. The summed E-state index contributed by atoms with van der Waals surface area (Å²) >= 11 is 0. The lowest BCUT2D eigenvalue weighted by Gasteiger charge is -2.13. The third-order valence-corrected chi connectivity index (χ3v) is 4.56. The van der Waals surface area contributed by atoms with E-state index in [1.807, 2.05) is 0 Å². The molecule has 19 heavy (non-hydrogen) atoms. The molecule has 0 radical (unpaired) electrons. The first-order valence-electron chi connectivity index (χ1n) is 6.42. The van der Waals surface area contributed by atoms with Gasteiger partial charge in [0.05, 0.1) is 10.6 Å². The Labute approximate surface area is 113 Å². The van der Waals surface area contributed by atoms with Crippen molar-refractivity contribution in [1.29, 1.82) is 0 Å². The van der Waals surface area contributed by atoms with E-state index < -0.39 is 15.8 Å². The van der Waals surface area contributed by atoms with Gasteiger partial charge in [0.2, 0.25) is 10.0 Å². The predicted molar refractivity (Wildman–Crippen MR) is 72.8 cm³/mol. The van der Waals surface area contributed by atoms with E-state index in [4.69, 9.17) is 5.14 Å². The Morgan fingerprint density at radius 2 is 2.16 bits per heavy atom. The molecule has 1 saturated carbocycles. The van der Waals surface area contributed by atoms with E-state index in [-0.39, 0.29) is 4.90 Å². The molecule has 0 amide bonds. The van der Waals surface area contributed by atoms with Crippen LogP contribution in [0.2, 0.25) is 0 Å². The number of hydrogen-bond acceptors (Lipinski definition) is 3. The fourth-order valence-electron chi connectivity index (χ4n) is 2.58. The molecule has 1 aliphatic carbocycles. The summed E-state index contributed by atoms with van der Waals surface area (Å²) in [5, 5.41) is 7.99. The quantitative estimate of drug-likeness (QED) is 0.892. The molecule has 0 aromatic heterocycles. The van der Waals surface area contributed by atoms with Gasteiger partial charge in [0, 0.05) is 6.54 Å². The van der Waals surface area contributed by atoms with Crippen molar-refractivity contribution < 1.29 is 12.8 Å². The summed E-state index contributed by atoms with van der Waals surface area (Å²) in [5.74, 6) is 0.714. The van der Waals surface area contributed by atoms with Gasteiger partial charge in [-0.05, 0) is 42.9 Å². The van der Waals surface area contributed by atoms with Crippen molar-refractivity contribution in [3.63, 3.8) is 0 Å². The maximum Gasteiger partial charge on any atom is 0.238 e. The van der Waals surface area contributed by atoms with E-state index in [0.717, 1.165) is 31.4 Å². The number of benzene rings is 1. The minimum atomic E-state index is -3.85. The van der Waals surface area contributed by atoms with Crippen molar-refractivity contribution in [2.24, 2.45) is 17.0 Å². The number of halogens is 1. The molecule has 1 aromatic rings. The van der Waals surface area contributed by atoms with Crippen molar-refractivity contribution in [3.8, 4) is 0 Å². The van der Waals surface area contributed by atoms with Crippen LogP contribution in [0.4, 0.5) is 10.1 Å². The smallest absolute Gasteiger partial charge is 0.238 e. The van der Waals surface area contributed by atoms with Crippen molar-refractivity contribution in [3.05, 3.63) is 24.0 Å².